The number of benzene rings is 2. The highest BCUT2D eigenvalue weighted by Crippen LogP contribution is 2.59. The first-order valence-corrected chi connectivity index (χ1v) is 21.9. The van der Waals surface area contributed by atoms with Gasteiger partial charge in [0.05, 0.1) is 30.4 Å². The molecule has 12 nitrogen and oxygen atoms in total. The Bertz CT molecular complexity index is 1950. The van der Waals surface area contributed by atoms with Gasteiger partial charge in [0, 0.05) is 43.7 Å². The van der Waals surface area contributed by atoms with Crippen LogP contribution in [-0.4, -0.2) is 101 Å². The van der Waals surface area contributed by atoms with Crippen LogP contribution >= 0.6 is 0 Å². The fourth-order valence-electron chi connectivity index (χ4n) is 9.19. The number of ether oxygens (including phenoxy) is 5. The molecular weight excluding hydrogens is 765 g/mol. The van der Waals surface area contributed by atoms with Crippen LogP contribution in [0.5, 0.6) is 0 Å². The predicted molar refractivity (Wildman–Crippen MR) is 222 cm³/mol. The third kappa shape index (κ3) is 10.0. The van der Waals surface area contributed by atoms with Crippen LogP contribution in [0.2, 0.25) is 0 Å². The highest BCUT2D eigenvalue weighted by Gasteiger charge is 2.64. The van der Waals surface area contributed by atoms with E-state index in [-0.39, 0.29) is 37.5 Å². The Kier molecular flexibility index (Phi) is 12.4. The van der Waals surface area contributed by atoms with Gasteiger partial charge in [0.15, 0.2) is 5.79 Å². The second kappa shape index (κ2) is 17.6. The fourth-order valence-corrected chi connectivity index (χ4v) is 9.19. The molecule has 0 aromatic heterocycles. The smallest absolute Gasteiger partial charge is 0.338 e. The summed E-state index contributed by atoms with van der Waals surface area (Å²) in [4.78, 5) is 56.7. The Balaban J connectivity index is 1.00. The van der Waals surface area contributed by atoms with E-state index in [0.29, 0.717) is 29.3 Å². The lowest BCUT2D eigenvalue weighted by atomic mass is 9.88. The van der Waals surface area contributed by atoms with Crippen molar-refractivity contribution < 1.29 is 48.0 Å². The molecule has 5 fully saturated rings. The number of amides is 2. The maximum Gasteiger partial charge on any atom is 0.338 e. The number of nitrogens with one attached hydrogen (secondary N) is 1. The van der Waals surface area contributed by atoms with Crippen LogP contribution in [0.1, 0.15) is 106 Å². The van der Waals surface area contributed by atoms with E-state index in [9.17, 15) is 24.3 Å². The van der Waals surface area contributed by atoms with Crippen molar-refractivity contribution in [3.05, 3.63) is 89.0 Å². The van der Waals surface area contributed by atoms with E-state index >= 15 is 0 Å². The lowest BCUT2D eigenvalue weighted by Gasteiger charge is -2.34. The minimum atomic E-state index is -0.976. The molecule has 8 unspecified atom stereocenters. The third-order valence-electron chi connectivity index (χ3n) is 12.7. The van der Waals surface area contributed by atoms with Gasteiger partial charge in [-0.05, 0) is 107 Å². The van der Waals surface area contributed by atoms with Crippen LogP contribution in [-0.2, 0) is 44.5 Å². The zero-order chi connectivity index (χ0) is 42.2. The first-order valence-electron chi connectivity index (χ1n) is 21.9. The van der Waals surface area contributed by atoms with Gasteiger partial charge in [-0.15, -0.1) is 0 Å². The van der Waals surface area contributed by atoms with Crippen molar-refractivity contribution in [2.24, 2.45) is 17.8 Å². The minimum absolute atomic E-state index is 0.000251. The molecule has 2 heterocycles. The first kappa shape index (κ1) is 42.3. The fraction of sp³-hybridized carbons (Fsp3) is 0.583. The number of carbonyl (C=O) groups excluding carboxylic acids is 4. The van der Waals surface area contributed by atoms with E-state index in [1.807, 2.05) is 48.5 Å². The number of aliphatic hydroxyl groups excluding tert-OH is 1. The Morgan fingerprint density at radius 1 is 0.967 bits per heavy atom. The zero-order valence-electron chi connectivity index (χ0n) is 35.3. The molecule has 6 aliphatic rings. The van der Waals surface area contributed by atoms with Crippen molar-refractivity contribution in [3.63, 3.8) is 0 Å². The number of esters is 2. The summed E-state index contributed by atoms with van der Waals surface area (Å²) in [5.41, 5.74) is 1.85. The van der Waals surface area contributed by atoms with Crippen LogP contribution < -0.4 is 5.32 Å². The van der Waals surface area contributed by atoms with Gasteiger partial charge in [-0.3, -0.25) is 14.4 Å². The Labute approximate surface area is 353 Å². The molecule has 2 aliphatic heterocycles. The number of epoxide rings is 1. The molecule has 8 rings (SSSR count). The van der Waals surface area contributed by atoms with E-state index in [1.54, 1.807) is 40.0 Å². The zero-order valence-corrected chi connectivity index (χ0v) is 35.3. The van der Waals surface area contributed by atoms with E-state index in [2.05, 4.69) is 17.5 Å². The van der Waals surface area contributed by atoms with Gasteiger partial charge >= 0.3 is 11.9 Å². The molecule has 0 spiro atoms. The second-order valence-corrected chi connectivity index (χ2v) is 18.7. The summed E-state index contributed by atoms with van der Waals surface area (Å²) in [6.07, 6.45) is 12.5. The maximum absolute atomic E-state index is 14.7. The summed E-state index contributed by atoms with van der Waals surface area (Å²) >= 11 is 0. The molecular formula is C48H60N2O10. The summed E-state index contributed by atoms with van der Waals surface area (Å²) < 4.78 is 31.1. The number of allylic oxidation sites excluding steroid dienone is 1. The second-order valence-electron chi connectivity index (χ2n) is 18.7. The van der Waals surface area contributed by atoms with E-state index < -0.39 is 72.1 Å². The summed E-state index contributed by atoms with van der Waals surface area (Å²) in [6.45, 7) is 4.94. The number of likely N-dealkylation sites (N-methyl/N-ethyl adjacent to an activating group) is 1. The average Bonchev–Trinajstić information content (AvgIpc) is 4.10. The number of nitrogens with zero attached hydrogens (tertiary/aromatic N) is 1. The Morgan fingerprint density at radius 3 is 2.40 bits per heavy atom. The molecule has 4 aliphatic carbocycles. The lowest BCUT2D eigenvalue weighted by molar-refractivity contribution is -0.209. The first-order chi connectivity index (χ1) is 28.8. The molecule has 3 saturated carbocycles. The van der Waals surface area contributed by atoms with Crippen molar-refractivity contribution in [1.29, 1.82) is 0 Å². The van der Waals surface area contributed by atoms with E-state index in [1.165, 1.54) is 4.90 Å². The summed E-state index contributed by atoms with van der Waals surface area (Å²) in [5, 5.41) is 13.1. The largest absolute Gasteiger partial charge is 0.460 e. The van der Waals surface area contributed by atoms with E-state index in [4.69, 9.17) is 23.7 Å². The van der Waals surface area contributed by atoms with Gasteiger partial charge in [-0.1, -0.05) is 54.6 Å². The molecule has 2 N–H and O–H groups in total. The van der Waals surface area contributed by atoms with Crippen molar-refractivity contribution >= 4 is 29.8 Å². The van der Waals surface area contributed by atoms with Crippen LogP contribution in [0.25, 0.3) is 6.08 Å². The van der Waals surface area contributed by atoms with Crippen LogP contribution in [0, 0.1) is 17.8 Å². The molecule has 2 aromatic rings. The number of carbonyl (C=O) groups is 4. The molecule has 60 heavy (non-hydrogen) atoms. The SMILES string of the molecule is CN(C(=O)C1=CC2OC(C3CC3)(C3CC3)OC2C(OC(=O)c2cccc(C=CC3CCC4OC4C3)c2)C1)C(Cc1ccccc1)C(=O)NC(CO)CCC(=O)OC(C)(C)C. The topological polar surface area (TPSA) is 153 Å². The molecule has 12 heteroatoms. The van der Waals surface area contributed by atoms with Crippen molar-refractivity contribution in [1.82, 2.24) is 10.2 Å². The number of hydrogen-bond donors (Lipinski definition) is 2. The Hall–Kier alpha value is -4.36. The van der Waals surface area contributed by atoms with Crippen molar-refractivity contribution in [2.75, 3.05) is 13.7 Å². The molecule has 8 atom stereocenters. The van der Waals surface area contributed by atoms with Crippen molar-refractivity contribution in [2.45, 2.75) is 145 Å². The quantitative estimate of drug-likeness (QED) is 0.150. The number of hydrogen-bond acceptors (Lipinski definition) is 10. The molecule has 2 saturated heterocycles. The maximum atomic E-state index is 14.7. The Morgan fingerprint density at radius 2 is 1.72 bits per heavy atom. The van der Waals surface area contributed by atoms with Crippen LogP contribution in [0.15, 0.2) is 72.3 Å². The molecule has 2 amide bonds. The molecule has 0 radical (unpaired) electrons. The highest BCUT2D eigenvalue weighted by molar-refractivity contribution is 5.97. The normalized spacial score (nSPS) is 27.8. The molecule has 322 valence electrons. The van der Waals surface area contributed by atoms with Gasteiger partial charge in [0.1, 0.15) is 30.0 Å². The molecule has 0 bridgehead atoms. The minimum Gasteiger partial charge on any atom is -0.460 e. The van der Waals surface area contributed by atoms with Gasteiger partial charge in [-0.25, -0.2) is 4.79 Å². The number of fused-ring (bicyclic) bond motifs is 2. The summed E-state index contributed by atoms with van der Waals surface area (Å²) in [5.74, 6) is -1.65. The van der Waals surface area contributed by atoms with E-state index in [0.717, 1.165) is 56.1 Å². The third-order valence-corrected chi connectivity index (χ3v) is 12.7. The average molecular weight is 825 g/mol. The summed E-state index contributed by atoms with van der Waals surface area (Å²) in [6, 6.07) is 15.1. The monoisotopic (exact) mass is 824 g/mol. The predicted octanol–water partition coefficient (Wildman–Crippen LogP) is 6.09. The number of rotatable bonds is 16. The van der Waals surface area contributed by atoms with Gasteiger partial charge in [0.25, 0.3) is 0 Å². The highest BCUT2D eigenvalue weighted by atomic mass is 16.8. The van der Waals surface area contributed by atoms with Crippen molar-refractivity contribution in [3.8, 4) is 0 Å². The molecule has 2 aromatic carbocycles. The van der Waals surface area contributed by atoms with Gasteiger partial charge < -0.3 is 39.0 Å². The van der Waals surface area contributed by atoms with Gasteiger partial charge in [0.2, 0.25) is 11.8 Å². The number of aliphatic hydroxyl groups is 1. The summed E-state index contributed by atoms with van der Waals surface area (Å²) in [7, 11) is 1.59. The van der Waals surface area contributed by atoms with Crippen LogP contribution in [0.4, 0.5) is 0 Å². The standard InChI is InChI=1S/C48H60N2O10/c1-47(2,3)59-42(52)22-20-36(28-51)49-44(53)37(24-29-9-6-5-7-10-29)50(4)45(54)33-26-40(43-41(27-33)58-48(60-43,34-16-17-34)35-18-19-35)57-46(55)32-12-8-11-30(23-32)13-14-31-15-21-38-39(25-31)56-38/h5-14,23,27,31,34-41,43,51H,15-22,24-26,28H2,1-4H3,(H,49,53). The van der Waals surface area contributed by atoms with Crippen LogP contribution in [0.3, 0.4) is 0 Å². The lowest BCUT2D eigenvalue weighted by Crippen LogP contribution is -2.53. The van der Waals surface area contributed by atoms with Gasteiger partial charge in [-0.2, -0.15) is 0 Å².